The van der Waals surface area contributed by atoms with Crippen molar-refractivity contribution in [1.29, 1.82) is 0 Å². The first kappa shape index (κ1) is 24.5. The summed E-state index contributed by atoms with van der Waals surface area (Å²) in [6, 6.07) is 21.9. The molecule has 0 amide bonds. The molecule has 0 aliphatic heterocycles. The lowest BCUT2D eigenvalue weighted by Crippen LogP contribution is -2.09. The van der Waals surface area contributed by atoms with Crippen LogP contribution in [0, 0.1) is 6.92 Å². The molecule has 186 valence electrons. The highest BCUT2D eigenvalue weighted by Gasteiger charge is 2.21. The smallest absolute Gasteiger partial charge is 0.342 e. The Morgan fingerprint density at radius 1 is 1.05 bits per heavy atom. The van der Waals surface area contributed by atoms with Gasteiger partial charge in [0, 0.05) is 33.8 Å². The van der Waals surface area contributed by atoms with Crippen molar-refractivity contribution < 1.29 is 13.9 Å². The Hall–Kier alpha value is -4.16. The Morgan fingerprint density at radius 3 is 2.49 bits per heavy atom. The fourth-order valence-corrected chi connectivity index (χ4v) is 4.54. The average Bonchev–Trinajstić information content (AvgIpc) is 3.33. The summed E-state index contributed by atoms with van der Waals surface area (Å²) in [5, 5.41) is 6.00. The van der Waals surface area contributed by atoms with Crippen LogP contribution in [0.15, 0.2) is 88.2 Å². The number of esters is 1. The van der Waals surface area contributed by atoms with Crippen molar-refractivity contribution in [3.63, 3.8) is 0 Å². The van der Waals surface area contributed by atoms with Crippen molar-refractivity contribution in [3.8, 4) is 16.9 Å². The number of rotatable bonds is 6. The van der Waals surface area contributed by atoms with E-state index in [0.717, 1.165) is 27.8 Å². The molecular formula is C30H25ClN2O4. The van der Waals surface area contributed by atoms with E-state index in [2.05, 4.69) is 18.9 Å². The van der Waals surface area contributed by atoms with E-state index >= 15 is 0 Å². The zero-order valence-electron chi connectivity index (χ0n) is 20.7. The largest absolute Gasteiger partial charge is 0.457 e. The first-order chi connectivity index (χ1) is 17.8. The van der Waals surface area contributed by atoms with Crippen LogP contribution in [0.5, 0.6) is 0 Å². The predicted molar refractivity (Wildman–Crippen MR) is 144 cm³/mol. The number of hydrogen-bond donors (Lipinski definition) is 0. The second kappa shape index (κ2) is 10.1. The van der Waals surface area contributed by atoms with Crippen LogP contribution >= 0.6 is 11.6 Å². The van der Waals surface area contributed by atoms with Crippen molar-refractivity contribution in [3.05, 3.63) is 117 Å². The molecule has 0 fully saturated rings. The van der Waals surface area contributed by atoms with E-state index in [1.165, 1.54) is 6.07 Å². The Balaban J connectivity index is 1.51. The van der Waals surface area contributed by atoms with Gasteiger partial charge in [0.1, 0.15) is 23.4 Å². The number of carbonyl (C=O) groups excluding carboxylic acids is 1. The van der Waals surface area contributed by atoms with Crippen LogP contribution in [0.1, 0.15) is 46.8 Å². The van der Waals surface area contributed by atoms with Gasteiger partial charge >= 0.3 is 11.6 Å². The van der Waals surface area contributed by atoms with E-state index in [4.69, 9.17) is 20.8 Å². The minimum atomic E-state index is -0.551. The predicted octanol–water partition coefficient (Wildman–Crippen LogP) is 7.09. The third-order valence-electron chi connectivity index (χ3n) is 6.27. The van der Waals surface area contributed by atoms with Crippen molar-refractivity contribution in [2.45, 2.75) is 33.3 Å². The van der Waals surface area contributed by atoms with Gasteiger partial charge in [0.05, 0.1) is 5.69 Å². The molecule has 0 unspecified atom stereocenters. The summed E-state index contributed by atoms with van der Waals surface area (Å²) in [6.07, 6.45) is 1.65. The number of para-hydroxylation sites is 1. The van der Waals surface area contributed by atoms with E-state index in [1.54, 1.807) is 23.0 Å². The van der Waals surface area contributed by atoms with E-state index in [9.17, 15) is 9.59 Å². The summed E-state index contributed by atoms with van der Waals surface area (Å²) in [5.41, 5.74) is 5.06. The summed E-state index contributed by atoms with van der Waals surface area (Å²) in [4.78, 5) is 25.6. The molecule has 2 heterocycles. The number of aromatic nitrogens is 2. The topological polar surface area (TPSA) is 74.3 Å². The molecule has 3 aromatic carbocycles. The first-order valence-corrected chi connectivity index (χ1v) is 12.3. The Bertz CT molecular complexity index is 1650. The van der Waals surface area contributed by atoms with Crippen molar-refractivity contribution in [1.82, 2.24) is 9.78 Å². The quantitative estimate of drug-likeness (QED) is 0.179. The van der Waals surface area contributed by atoms with Gasteiger partial charge in [-0.25, -0.2) is 14.3 Å². The van der Waals surface area contributed by atoms with Crippen molar-refractivity contribution >= 4 is 28.5 Å². The molecule has 0 bridgehead atoms. The molecule has 0 atom stereocenters. The Morgan fingerprint density at radius 2 is 1.78 bits per heavy atom. The highest BCUT2D eigenvalue weighted by atomic mass is 35.5. The number of hydrogen-bond acceptors (Lipinski definition) is 5. The molecule has 0 radical (unpaired) electrons. The molecule has 0 saturated heterocycles. The number of carbonyl (C=O) groups is 1. The minimum Gasteiger partial charge on any atom is -0.457 e. The normalized spacial score (nSPS) is 11.3. The van der Waals surface area contributed by atoms with Gasteiger partial charge in [-0.05, 0) is 60.4 Å². The van der Waals surface area contributed by atoms with Gasteiger partial charge < -0.3 is 9.15 Å². The number of halogens is 1. The van der Waals surface area contributed by atoms with Crippen molar-refractivity contribution in [2.24, 2.45) is 0 Å². The number of fused-ring (bicyclic) bond motifs is 1. The molecule has 0 saturated carbocycles. The Kier molecular flexibility index (Phi) is 6.68. The molecule has 5 rings (SSSR count). The second-order valence-electron chi connectivity index (χ2n) is 9.20. The fourth-order valence-electron chi connectivity index (χ4n) is 4.41. The third-order valence-corrected chi connectivity index (χ3v) is 6.52. The molecule has 5 aromatic rings. The lowest BCUT2D eigenvalue weighted by atomic mass is 9.95. The molecule has 0 N–H and O–H groups in total. The first-order valence-electron chi connectivity index (χ1n) is 12.0. The molecule has 0 aliphatic carbocycles. The zero-order valence-corrected chi connectivity index (χ0v) is 21.5. The minimum absolute atomic E-state index is 0.0852. The van der Waals surface area contributed by atoms with Gasteiger partial charge in [-0.2, -0.15) is 5.10 Å². The second-order valence-corrected chi connectivity index (χ2v) is 9.64. The SMILES string of the molecule is Cc1cc2oc(=O)cc(COC(=O)c3cn(-c4ccccc4)nc3-c3ccc(Cl)cc3)c2cc1C(C)C. The maximum absolute atomic E-state index is 13.4. The van der Waals surface area contributed by atoms with E-state index in [-0.39, 0.29) is 12.5 Å². The van der Waals surface area contributed by atoms with Gasteiger partial charge in [0.25, 0.3) is 0 Å². The molecule has 0 aliphatic rings. The van der Waals surface area contributed by atoms with Crippen LogP contribution in [0.4, 0.5) is 0 Å². The summed E-state index contributed by atoms with van der Waals surface area (Å²) >= 11 is 6.07. The van der Waals surface area contributed by atoms with Gasteiger partial charge in [-0.15, -0.1) is 0 Å². The van der Waals surface area contributed by atoms with Crippen LogP contribution < -0.4 is 5.63 Å². The number of aryl methyl sites for hydroxylation is 1. The van der Waals surface area contributed by atoms with Crippen LogP contribution in [-0.2, 0) is 11.3 Å². The van der Waals surface area contributed by atoms with E-state index in [1.807, 2.05) is 61.5 Å². The summed E-state index contributed by atoms with van der Waals surface area (Å²) in [6.45, 7) is 6.12. The molecule has 0 spiro atoms. The van der Waals surface area contributed by atoms with E-state index < -0.39 is 11.6 Å². The van der Waals surface area contributed by atoms with Gasteiger partial charge in [-0.1, -0.05) is 55.8 Å². The van der Waals surface area contributed by atoms with Gasteiger partial charge in [0.15, 0.2) is 0 Å². The maximum Gasteiger partial charge on any atom is 0.342 e. The highest BCUT2D eigenvalue weighted by Crippen LogP contribution is 2.29. The van der Waals surface area contributed by atoms with E-state index in [0.29, 0.717) is 27.4 Å². The summed E-state index contributed by atoms with van der Waals surface area (Å²) in [5.74, 6) is -0.262. The highest BCUT2D eigenvalue weighted by molar-refractivity contribution is 6.30. The standard InChI is InChI=1S/C30H25ClN2O4/c1-18(2)24-15-25-21(14-28(34)37-27(25)13-19(24)3)17-36-30(35)26-16-33(23-7-5-4-6-8-23)32-29(26)20-9-11-22(31)12-10-20/h4-16,18H,17H2,1-3H3. The van der Waals surface area contributed by atoms with Crippen molar-refractivity contribution in [2.75, 3.05) is 0 Å². The van der Waals surface area contributed by atoms with Crippen LogP contribution in [-0.4, -0.2) is 15.7 Å². The van der Waals surface area contributed by atoms with Crippen LogP contribution in [0.2, 0.25) is 5.02 Å². The lowest BCUT2D eigenvalue weighted by molar-refractivity contribution is 0.0474. The van der Waals surface area contributed by atoms with Crippen LogP contribution in [0.3, 0.4) is 0 Å². The summed E-state index contributed by atoms with van der Waals surface area (Å²) in [7, 11) is 0. The molecule has 37 heavy (non-hydrogen) atoms. The maximum atomic E-state index is 13.4. The molecule has 7 heteroatoms. The molecule has 2 aromatic heterocycles. The number of ether oxygens (including phenoxy) is 1. The zero-order chi connectivity index (χ0) is 26.1. The van der Waals surface area contributed by atoms with Gasteiger partial charge in [0.2, 0.25) is 0 Å². The Labute approximate surface area is 219 Å². The van der Waals surface area contributed by atoms with Gasteiger partial charge in [-0.3, -0.25) is 0 Å². The third kappa shape index (κ3) is 5.06. The number of nitrogens with zero attached hydrogens (tertiary/aromatic N) is 2. The molecule has 6 nitrogen and oxygen atoms in total. The average molecular weight is 513 g/mol. The number of benzene rings is 3. The summed E-state index contributed by atoms with van der Waals surface area (Å²) < 4.78 is 12.8. The lowest BCUT2D eigenvalue weighted by Gasteiger charge is -2.13. The van der Waals surface area contributed by atoms with Crippen LogP contribution in [0.25, 0.3) is 27.9 Å². The monoisotopic (exact) mass is 512 g/mol. The fraction of sp³-hybridized carbons (Fsp3) is 0.167. The molecular weight excluding hydrogens is 488 g/mol.